The Bertz CT molecular complexity index is 458. The predicted molar refractivity (Wildman–Crippen MR) is 61.3 cm³/mol. The number of hydrogen-bond acceptors (Lipinski definition) is 4. The summed E-state index contributed by atoms with van der Waals surface area (Å²) in [5, 5.41) is 21.6. The highest BCUT2D eigenvalue weighted by atomic mass is 16.5. The first-order valence-electron chi connectivity index (χ1n) is 5.41. The summed E-state index contributed by atoms with van der Waals surface area (Å²) in [6.07, 6.45) is 0.347. The first-order valence-corrected chi connectivity index (χ1v) is 5.41. The molecule has 17 heavy (non-hydrogen) atoms. The number of phenols is 1. The lowest BCUT2D eigenvalue weighted by molar-refractivity contribution is -0.139. The van der Waals surface area contributed by atoms with Crippen molar-refractivity contribution in [3.63, 3.8) is 0 Å². The molecular weight excluding hydrogens is 222 g/mol. The van der Waals surface area contributed by atoms with Crippen LogP contribution in [0.25, 0.3) is 0 Å². The quantitative estimate of drug-likeness (QED) is 0.716. The van der Waals surface area contributed by atoms with Crippen LogP contribution in [0, 0.1) is 0 Å². The molecule has 0 aliphatic carbocycles. The van der Waals surface area contributed by atoms with Gasteiger partial charge in [-0.2, -0.15) is 0 Å². The summed E-state index contributed by atoms with van der Waals surface area (Å²) in [7, 11) is 1.53. The molecule has 1 heterocycles. The molecule has 0 unspecified atom stereocenters. The summed E-state index contributed by atoms with van der Waals surface area (Å²) >= 11 is 0. The molecule has 0 bridgehead atoms. The van der Waals surface area contributed by atoms with Crippen LogP contribution in [-0.2, 0) is 11.2 Å². The molecule has 0 fully saturated rings. The number of carboxylic acid groups (broad SMARTS) is 1. The number of benzene rings is 1. The molecule has 0 radical (unpaired) electrons. The van der Waals surface area contributed by atoms with Crippen molar-refractivity contribution in [2.75, 3.05) is 7.11 Å². The molecule has 92 valence electrons. The van der Waals surface area contributed by atoms with Gasteiger partial charge in [0, 0.05) is 17.7 Å². The summed E-state index contributed by atoms with van der Waals surface area (Å²) in [5.41, 5.74) is 1.74. The van der Waals surface area contributed by atoms with E-state index in [0.29, 0.717) is 12.2 Å². The number of carboxylic acids is 1. The van der Waals surface area contributed by atoms with E-state index in [-0.39, 0.29) is 11.8 Å². The SMILES string of the molecule is COc1cc(O)cc2c1[C@H](C)N[C@H](C(=O)O)C2. The van der Waals surface area contributed by atoms with Crippen LogP contribution >= 0.6 is 0 Å². The highest BCUT2D eigenvalue weighted by Gasteiger charge is 2.30. The Morgan fingerprint density at radius 3 is 2.82 bits per heavy atom. The summed E-state index contributed by atoms with van der Waals surface area (Å²) in [6, 6.07) is 2.41. The Hall–Kier alpha value is -1.75. The number of ether oxygens (including phenoxy) is 1. The molecule has 2 rings (SSSR count). The van der Waals surface area contributed by atoms with Crippen molar-refractivity contribution in [2.45, 2.75) is 25.4 Å². The molecule has 3 N–H and O–H groups in total. The Kier molecular flexibility index (Phi) is 2.93. The van der Waals surface area contributed by atoms with Crippen molar-refractivity contribution in [3.05, 3.63) is 23.3 Å². The molecule has 1 aromatic rings. The van der Waals surface area contributed by atoms with Crippen molar-refractivity contribution >= 4 is 5.97 Å². The minimum Gasteiger partial charge on any atom is -0.508 e. The van der Waals surface area contributed by atoms with E-state index >= 15 is 0 Å². The molecule has 2 atom stereocenters. The molecule has 1 aliphatic rings. The molecule has 0 saturated carbocycles. The van der Waals surface area contributed by atoms with Crippen LogP contribution in [-0.4, -0.2) is 29.3 Å². The van der Waals surface area contributed by atoms with Crippen LogP contribution in [0.1, 0.15) is 24.1 Å². The van der Waals surface area contributed by atoms with Crippen LogP contribution in [0.3, 0.4) is 0 Å². The van der Waals surface area contributed by atoms with Gasteiger partial charge in [0.05, 0.1) is 7.11 Å². The number of fused-ring (bicyclic) bond motifs is 1. The van der Waals surface area contributed by atoms with Gasteiger partial charge in [-0.3, -0.25) is 10.1 Å². The minimum absolute atomic E-state index is 0.0961. The largest absolute Gasteiger partial charge is 0.508 e. The monoisotopic (exact) mass is 237 g/mol. The Morgan fingerprint density at radius 2 is 2.24 bits per heavy atom. The lowest BCUT2D eigenvalue weighted by Crippen LogP contribution is -2.43. The highest BCUT2D eigenvalue weighted by Crippen LogP contribution is 2.36. The molecule has 1 aromatic carbocycles. The van der Waals surface area contributed by atoms with Crippen LogP contribution in [0.4, 0.5) is 0 Å². The van der Waals surface area contributed by atoms with Gasteiger partial charge in [0.15, 0.2) is 0 Å². The molecule has 0 amide bonds. The summed E-state index contributed by atoms with van der Waals surface area (Å²) in [5.74, 6) is -0.201. The standard InChI is InChI=1S/C12H15NO4/c1-6-11-7(4-9(13-6)12(15)16)3-8(14)5-10(11)17-2/h3,5-6,9,13-14H,4H2,1-2H3,(H,15,16)/t6-,9-/m0/s1. The van der Waals surface area contributed by atoms with E-state index in [9.17, 15) is 9.90 Å². The van der Waals surface area contributed by atoms with Gasteiger partial charge >= 0.3 is 5.97 Å². The third kappa shape index (κ3) is 2.06. The number of phenolic OH excluding ortho intramolecular Hbond substituents is 1. The smallest absolute Gasteiger partial charge is 0.321 e. The first kappa shape index (κ1) is 11.7. The fourth-order valence-corrected chi connectivity index (χ4v) is 2.32. The predicted octanol–water partition coefficient (Wildman–Crippen LogP) is 1.06. The number of hydrogen-bond donors (Lipinski definition) is 3. The van der Waals surface area contributed by atoms with Gasteiger partial charge in [0.2, 0.25) is 0 Å². The highest BCUT2D eigenvalue weighted by molar-refractivity contribution is 5.75. The van der Waals surface area contributed by atoms with Crippen molar-refractivity contribution in [2.24, 2.45) is 0 Å². The van der Waals surface area contributed by atoms with Crippen LogP contribution in [0.15, 0.2) is 12.1 Å². The third-order valence-electron chi connectivity index (χ3n) is 3.04. The van der Waals surface area contributed by atoms with Gasteiger partial charge < -0.3 is 14.9 Å². The second-order valence-electron chi connectivity index (χ2n) is 4.20. The Labute approximate surface area is 99.0 Å². The number of aliphatic carboxylic acids is 1. The number of methoxy groups -OCH3 is 1. The molecule has 5 heteroatoms. The van der Waals surface area contributed by atoms with Crippen LogP contribution in [0.5, 0.6) is 11.5 Å². The van der Waals surface area contributed by atoms with Crippen molar-refractivity contribution in [3.8, 4) is 11.5 Å². The molecule has 1 aliphatic heterocycles. The maximum Gasteiger partial charge on any atom is 0.321 e. The van der Waals surface area contributed by atoms with Gasteiger partial charge in [0.25, 0.3) is 0 Å². The average molecular weight is 237 g/mol. The van der Waals surface area contributed by atoms with E-state index in [2.05, 4.69) is 5.32 Å². The Balaban J connectivity index is 2.47. The van der Waals surface area contributed by atoms with E-state index in [1.807, 2.05) is 6.92 Å². The zero-order valence-corrected chi connectivity index (χ0v) is 9.73. The maximum absolute atomic E-state index is 11.0. The normalized spacial score (nSPS) is 22.9. The summed E-state index contributed by atoms with van der Waals surface area (Å²) in [4.78, 5) is 11.0. The van der Waals surface area contributed by atoms with Gasteiger partial charge in [-0.1, -0.05) is 0 Å². The van der Waals surface area contributed by atoms with E-state index in [1.54, 1.807) is 6.07 Å². The topological polar surface area (TPSA) is 78.8 Å². The fraction of sp³-hybridized carbons (Fsp3) is 0.417. The number of carbonyl (C=O) groups is 1. The lowest BCUT2D eigenvalue weighted by atomic mass is 9.90. The van der Waals surface area contributed by atoms with E-state index < -0.39 is 12.0 Å². The van der Waals surface area contributed by atoms with Crippen LogP contribution < -0.4 is 10.1 Å². The molecular formula is C12H15NO4. The number of rotatable bonds is 2. The zero-order chi connectivity index (χ0) is 12.6. The average Bonchev–Trinajstić information content (AvgIpc) is 2.26. The van der Waals surface area contributed by atoms with E-state index in [4.69, 9.17) is 9.84 Å². The molecule has 0 aromatic heterocycles. The molecule has 0 saturated heterocycles. The summed E-state index contributed by atoms with van der Waals surface area (Å²) < 4.78 is 5.21. The first-order chi connectivity index (χ1) is 8.02. The minimum atomic E-state index is -0.884. The van der Waals surface area contributed by atoms with Gasteiger partial charge in [0.1, 0.15) is 17.5 Å². The van der Waals surface area contributed by atoms with Crippen molar-refractivity contribution in [1.82, 2.24) is 5.32 Å². The zero-order valence-electron chi connectivity index (χ0n) is 9.73. The van der Waals surface area contributed by atoms with Gasteiger partial charge in [-0.05, 0) is 25.0 Å². The number of aromatic hydroxyl groups is 1. The van der Waals surface area contributed by atoms with Crippen LogP contribution in [0.2, 0.25) is 0 Å². The van der Waals surface area contributed by atoms with E-state index in [0.717, 1.165) is 11.1 Å². The Morgan fingerprint density at radius 1 is 1.53 bits per heavy atom. The number of nitrogens with one attached hydrogen (secondary N) is 1. The van der Waals surface area contributed by atoms with Crippen molar-refractivity contribution in [1.29, 1.82) is 0 Å². The maximum atomic E-state index is 11.0. The third-order valence-corrected chi connectivity index (χ3v) is 3.04. The second kappa shape index (κ2) is 4.25. The molecule has 5 nitrogen and oxygen atoms in total. The summed E-state index contributed by atoms with van der Waals surface area (Å²) in [6.45, 7) is 1.88. The van der Waals surface area contributed by atoms with E-state index in [1.165, 1.54) is 13.2 Å². The van der Waals surface area contributed by atoms with Gasteiger partial charge in [-0.15, -0.1) is 0 Å². The van der Waals surface area contributed by atoms with Crippen molar-refractivity contribution < 1.29 is 19.7 Å². The van der Waals surface area contributed by atoms with Gasteiger partial charge in [-0.25, -0.2) is 0 Å². The fourth-order valence-electron chi connectivity index (χ4n) is 2.32. The molecule has 0 spiro atoms. The lowest BCUT2D eigenvalue weighted by Gasteiger charge is -2.30. The second-order valence-corrected chi connectivity index (χ2v) is 4.20.